The fraction of sp³-hybridized carbons (Fsp3) is 0.250. The van der Waals surface area contributed by atoms with Crippen molar-refractivity contribution in [2.45, 2.75) is 51.4 Å². The van der Waals surface area contributed by atoms with E-state index in [-0.39, 0.29) is 17.5 Å². The largest absolute Gasteiger partial charge is 0.573 e. The summed E-state index contributed by atoms with van der Waals surface area (Å²) in [5, 5.41) is 9.45. The number of alkyl halides is 3. The number of carbonyl (C=O) groups is 1. The third kappa shape index (κ3) is 6.53. The normalized spacial score (nSPS) is 14.5. The van der Waals surface area contributed by atoms with Crippen LogP contribution in [-0.2, 0) is 5.54 Å². The van der Waals surface area contributed by atoms with Crippen molar-refractivity contribution in [2.24, 2.45) is 4.99 Å². The van der Waals surface area contributed by atoms with Gasteiger partial charge in [0.15, 0.2) is 10.6 Å². The standard InChI is InChI=1S/C32H28F4N6O2S/c1-19(2)26-16-23(33)8-13-27(26)42-20(3)17-45-30(42)38-29(43)39-31(14-15-31)22-6-4-21(5-7-22)28-37-18-41(40-28)24-9-11-25(12-10-24)44-32(34,35)36/h4-13,16-19H,14-15H2,1-3H3,(H,39,43)/b38-30-. The molecular formula is C32H28F4N6O2S. The lowest BCUT2D eigenvalue weighted by Gasteiger charge is -2.17. The number of carbonyl (C=O) groups excluding carboxylic acids is 1. The van der Waals surface area contributed by atoms with Crippen molar-refractivity contribution in [1.29, 1.82) is 0 Å². The van der Waals surface area contributed by atoms with E-state index < -0.39 is 17.9 Å². The van der Waals surface area contributed by atoms with Crippen LogP contribution in [0.3, 0.4) is 0 Å². The molecule has 0 radical (unpaired) electrons. The summed E-state index contributed by atoms with van der Waals surface area (Å²) >= 11 is 1.34. The van der Waals surface area contributed by atoms with Gasteiger partial charge in [0.2, 0.25) is 0 Å². The third-order valence-electron chi connectivity index (χ3n) is 7.55. The van der Waals surface area contributed by atoms with Crippen LogP contribution in [-0.4, -0.2) is 31.7 Å². The van der Waals surface area contributed by atoms with Gasteiger partial charge in [-0.15, -0.1) is 29.6 Å². The summed E-state index contributed by atoms with van der Waals surface area (Å²) in [7, 11) is 0. The summed E-state index contributed by atoms with van der Waals surface area (Å²) in [6.07, 6.45) is -1.78. The smallest absolute Gasteiger partial charge is 0.406 e. The Hall–Kier alpha value is -4.78. The van der Waals surface area contributed by atoms with Gasteiger partial charge in [-0.25, -0.2) is 18.9 Å². The van der Waals surface area contributed by atoms with Crippen LogP contribution < -0.4 is 14.9 Å². The molecule has 0 bridgehead atoms. The van der Waals surface area contributed by atoms with Gasteiger partial charge in [0.05, 0.1) is 16.9 Å². The summed E-state index contributed by atoms with van der Waals surface area (Å²) in [5.74, 6) is -0.139. The van der Waals surface area contributed by atoms with Crippen molar-refractivity contribution in [2.75, 3.05) is 0 Å². The summed E-state index contributed by atoms with van der Waals surface area (Å²) in [4.78, 5) is 22.4. The number of thiazole rings is 1. The summed E-state index contributed by atoms with van der Waals surface area (Å²) in [6.45, 7) is 5.91. The molecule has 13 heteroatoms. The maximum absolute atomic E-state index is 14.0. The molecule has 1 saturated carbocycles. The zero-order valence-electron chi connectivity index (χ0n) is 24.5. The zero-order chi connectivity index (χ0) is 31.9. The zero-order valence-corrected chi connectivity index (χ0v) is 25.3. The van der Waals surface area contributed by atoms with Gasteiger partial charge >= 0.3 is 12.4 Å². The predicted octanol–water partition coefficient (Wildman–Crippen LogP) is 7.56. The molecule has 45 heavy (non-hydrogen) atoms. The number of amides is 2. The highest BCUT2D eigenvalue weighted by Crippen LogP contribution is 2.46. The Morgan fingerprint density at radius 3 is 2.42 bits per heavy atom. The SMILES string of the molecule is Cc1cs/c(=N\C(=O)NC2(c3ccc(-c4ncn(-c5ccc(OC(F)(F)F)cc5)n4)cc3)CC2)n1-c1ccc(F)cc1C(C)C. The topological polar surface area (TPSA) is 86.3 Å². The fourth-order valence-electron chi connectivity index (χ4n) is 5.14. The second-order valence-corrected chi connectivity index (χ2v) is 11.9. The number of aromatic nitrogens is 4. The molecule has 232 valence electrons. The number of nitrogens with one attached hydrogen (secondary N) is 1. The van der Waals surface area contributed by atoms with E-state index in [1.807, 2.05) is 55.0 Å². The van der Waals surface area contributed by atoms with Crippen molar-refractivity contribution in [3.05, 3.63) is 106 Å². The quantitative estimate of drug-likeness (QED) is 0.187. The molecule has 1 aliphatic carbocycles. The van der Waals surface area contributed by atoms with E-state index in [2.05, 4.69) is 25.1 Å². The number of aryl methyl sites for hydroxylation is 1. The number of ether oxygens (including phenoxy) is 1. The number of hydrogen-bond acceptors (Lipinski definition) is 5. The molecule has 1 N–H and O–H groups in total. The van der Waals surface area contributed by atoms with Crippen molar-refractivity contribution >= 4 is 17.4 Å². The molecule has 3 aromatic carbocycles. The average molecular weight is 637 g/mol. The van der Waals surface area contributed by atoms with Crippen molar-refractivity contribution in [3.63, 3.8) is 0 Å². The number of urea groups is 1. The van der Waals surface area contributed by atoms with E-state index in [0.29, 0.717) is 16.3 Å². The van der Waals surface area contributed by atoms with Crippen LogP contribution in [0.4, 0.5) is 22.4 Å². The molecule has 5 aromatic rings. The van der Waals surface area contributed by atoms with Gasteiger partial charge in [-0.3, -0.25) is 4.57 Å². The maximum atomic E-state index is 14.0. The van der Waals surface area contributed by atoms with Gasteiger partial charge in [-0.1, -0.05) is 38.1 Å². The molecule has 2 heterocycles. The highest BCUT2D eigenvalue weighted by molar-refractivity contribution is 7.07. The molecule has 2 amide bonds. The second kappa shape index (κ2) is 11.6. The van der Waals surface area contributed by atoms with E-state index in [1.54, 1.807) is 6.07 Å². The average Bonchev–Trinajstić information content (AvgIpc) is 3.43. The molecule has 0 aliphatic heterocycles. The first-order chi connectivity index (χ1) is 21.4. The molecule has 2 aromatic heterocycles. The number of rotatable bonds is 7. The van der Waals surface area contributed by atoms with Crippen molar-refractivity contribution in [3.8, 4) is 28.5 Å². The number of benzene rings is 3. The van der Waals surface area contributed by atoms with E-state index >= 15 is 0 Å². The minimum Gasteiger partial charge on any atom is -0.406 e. The van der Waals surface area contributed by atoms with Crippen LogP contribution in [0, 0.1) is 12.7 Å². The maximum Gasteiger partial charge on any atom is 0.573 e. The predicted molar refractivity (Wildman–Crippen MR) is 161 cm³/mol. The molecule has 6 rings (SSSR count). The molecule has 8 nitrogen and oxygen atoms in total. The minimum absolute atomic E-state index is 0.0686. The van der Waals surface area contributed by atoms with Crippen molar-refractivity contribution in [1.82, 2.24) is 24.6 Å². The Morgan fingerprint density at radius 1 is 1.07 bits per heavy atom. The van der Waals surface area contributed by atoms with Crippen LogP contribution in [0.25, 0.3) is 22.8 Å². The first-order valence-corrected chi connectivity index (χ1v) is 15.0. The van der Waals surface area contributed by atoms with Gasteiger partial charge in [0.1, 0.15) is 17.9 Å². The van der Waals surface area contributed by atoms with E-state index in [0.717, 1.165) is 40.9 Å². The number of halogens is 4. The number of nitrogens with zero attached hydrogens (tertiary/aromatic N) is 5. The fourth-order valence-corrected chi connectivity index (χ4v) is 6.01. The first kappa shape index (κ1) is 30.3. The monoisotopic (exact) mass is 636 g/mol. The van der Waals surface area contributed by atoms with Gasteiger partial charge in [-0.05, 0) is 79.3 Å². The van der Waals surface area contributed by atoms with E-state index in [4.69, 9.17) is 0 Å². The lowest BCUT2D eigenvalue weighted by Crippen LogP contribution is -2.34. The first-order valence-electron chi connectivity index (χ1n) is 14.1. The Balaban J connectivity index is 1.18. The molecule has 0 unspecified atom stereocenters. The van der Waals surface area contributed by atoms with Crippen LogP contribution >= 0.6 is 11.3 Å². The van der Waals surface area contributed by atoms with Gasteiger partial charge in [0.25, 0.3) is 0 Å². The van der Waals surface area contributed by atoms with Gasteiger partial charge in [-0.2, -0.15) is 4.99 Å². The van der Waals surface area contributed by atoms with E-state index in [9.17, 15) is 22.4 Å². The number of hydrogen-bond donors (Lipinski definition) is 1. The van der Waals surface area contributed by atoms with Gasteiger partial charge in [0, 0.05) is 16.6 Å². The Morgan fingerprint density at radius 2 is 1.78 bits per heavy atom. The molecular weight excluding hydrogens is 608 g/mol. The van der Waals surface area contributed by atoms with Gasteiger partial charge < -0.3 is 10.1 Å². The Labute approximate surface area is 259 Å². The summed E-state index contributed by atoms with van der Waals surface area (Å²) in [6, 6.07) is 17.0. The summed E-state index contributed by atoms with van der Waals surface area (Å²) in [5.41, 5.74) is 4.14. The Kier molecular flexibility index (Phi) is 7.81. The molecule has 1 aliphatic rings. The second-order valence-electron chi connectivity index (χ2n) is 11.1. The van der Waals surface area contributed by atoms with Crippen LogP contribution in [0.2, 0.25) is 0 Å². The molecule has 0 saturated heterocycles. The lowest BCUT2D eigenvalue weighted by molar-refractivity contribution is -0.274. The van der Waals surface area contributed by atoms with Crippen LogP contribution in [0.5, 0.6) is 5.75 Å². The summed E-state index contributed by atoms with van der Waals surface area (Å²) < 4.78 is 58.6. The third-order valence-corrected chi connectivity index (χ3v) is 8.49. The molecule has 1 fully saturated rings. The van der Waals surface area contributed by atoms with Crippen LogP contribution in [0.1, 0.15) is 49.4 Å². The van der Waals surface area contributed by atoms with Crippen LogP contribution in [0.15, 0.2) is 83.4 Å². The minimum atomic E-state index is -4.76. The lowest BCUT2D eigenvalue weighted by atomic mass is 10.0. The van der Waals surface area contributed by atoms with Crippen molar-refractivity contribution < 1.29 is 27.1 Å². The highest BCUT2D eigenvalue weighted by atomic mass is 32.1. The molecule has 0 spiro atoms. The Bertz CT molecular complexity index is 1920. The highest BCUT2D eigenvalue weighted by Gasteiger charge is 2.45. The van der Waals surface area contributed by atoms with E-state index in [1.165, 1.54) is 58.7 Å². The molecule has 0 atom stereocenters.